The maximum absolute atomic E-state index is 12.2. The summed E-state index contributed by atoms with van der Waals surface area (Å²) in [5, 5.41) is 2.83. The Bertz CT molecular complexity index is 628. The highest BCUT2D eigenvalue weighted by Gasteiger charge is 2.18. The molecule has 1 N–H and O–H groups in total. The van der Waals surface area contributed by atoms with Crippen molar-refractivity contribution in [2.24, 2.45) is 0 Å². The highest BCUT2D eigenvalue weighted by atomic mass is 16.5. The first-order valence-electron chi connectivity index (χ1n) is 7.20. The number of ether oxygens (including phenoxy) is 2. The molecule has 1 saturated heterocycles. The fraction of sp³-hybridized carbons (Fsp3) is 0.312. The summed E-state index contributed by atoms with van der Waals surface area (Å²) in [6.07, 6.45) is 4.13. The number of aromatic nitrogens is 2. The summed E-state index contributed by atoms with van der Waals surface area (Å²) >= 11 is 0. The van der Waals surface area contributed by atoms with E-state index < -0.39 is 0 Å². The summed E-state index contributed by atoms with van der Waals surface area (Å²) in [7, 11) is 0. The molecule has 1 aliphatic heterocycles. The van der Waals surface area contributed by atoms with E-state index in [1.807, 2.05) is 18.2 Å². The second-order valence-corrected chi connectivity index (χ2v) is 4.99. The Morgan fingerprint density at radius 1 is 1.32 bits per heavy atom. The standard InChI is InChI=1S/C16H17N3O3/c20-16(19-10-13-3-1-2-6-17-13)12-4-7-18-15(9-12)22-14-5-8-21-11-14/h1-4,6-7,9,14H,5,8,10-11H2,(H,19,20). The van der Waals surface area contributed by atoms with Crippen molar-refractivity contribution in [3.63, 3.8) is 0 Å². The first-order valence-corrected chi connectivity index (χ1v) is 7.20. The molecule has 3 heterocycles. The molecule has 0 aliphatic carbocycles. The van der Waals surface area contributed by atoms with Gasteiger partial charge in [-0.15, -0.1) is 0 Å². The quantitative estimate of drug-likeness (QED) is 0.907. The average Bonchev–Trinajstić information content (AvgIpc) is 3.07. The van der Waals surface area contributed by atoms with Gasteiger partial charge in [0.2, 0.25) is 5.88 Å². The van der Waals surface area contributed by atoms with Crippen LogP contribution in [0, 0.1) is 0 Å². The van der Waals surface area contributed by atoms with Crippen LogP contribution in [0.15, 0.2) is 42.7 Å². The zero-order valence-corrected chi connectivity index (χ0v) is 12.1. The second kappa shape index (κ2) is 7.00. The molecular formula is C16H17N3O3. The van der Waals surface area contributed by atoms with Crippen molar-refractivity contribution < 1.29 is 14.3 Å². The van der Waals surface area contributed by atoms with Crippen LogP contribution in [0.4, 0.5) is 0 Å². The third-order valence-electron chi connectivity index (χ3n) is 3.33. The molecule has 114 valence electrons. The number of hydrogen-bond donors (Lipinski definition) is 1. The van der Waals surface area contributed by atoms with Gasteiger partial charge in [0.1, 0.15) is 6.10 Å². The summed E-state index contributed by atoms with van der Waals surface area (Å²) in [5.74, 6) is 0.265. The van der Waals surface area contributed by atoms with Crippen LogP contribution in [-0.2, 0) is 11.3 Å². The summed E-state index contributed by atoms with van der Waals surface area (Å²) in [6, 6.07) is 8.89. The van der Waals surface area contributed by atoms with Gasteiger partial charge in [-0.2, -0.15) is 0 Å². The van der Waals surface area contributed by atoms with Gasteiger partial charge in [0, 0.05) is 30.4 Å². The molecule has 0 spiro atoms. The van der Waals surface area contributed by atoms with Gasteiger partial charge >= 0.3 is 0 Å². The van der Waals surface area contributed by atoms with Crippen molar-refractivity contribution in [3.05, 3.63) is 54.0 Å². The highest BCUT2D eigenvalue weighted by Crippen LogP contribution is 2.15. The number of carbonyl (C=O) groups is 1. The Morgan fingerprint density at radius 3 is 3.05 bits per heavy atom. The van der Waals surface area contributed by atoms with Crippen molar-refractivity contribution in [2.75, 3.05) is 13.2 Å². The summed E-state index contributed by atoms with van der Waals surface area (Å²) in [5.41, 5.74) is 1.32. The summed E-state index contributed by atoms with van der Waals surface area (Å²) in [6.45, 7) is 1.65. The minimum atomic E-state index is -0.180. The lowest BCUT2D eigenvalue weighted by molar-refractivity contribution is 0.0949. The Morgan fingerprint density at radius 2 is 2.27 bits per heavy atom. The van der Waals surface area contributed by atoms with Crippen LogP contribution in [0.3, 0.4) is 0 Å². The van der Waals surface area contributed by atoms with Crippen LogP contribution < -0.4 is 10.1 Å². The van der Waals surface area contributed by atoms with Crippen molar-refractivity contribution in [3.8, 4) is 5.88 Å². The molecule has 6 heteroatoms. The molecule has 2 aromatic heterocycles. The summed E-state index contributed by atoms with van der Waals surface area (Å²) < 4.78 is 11.0. The number of carbonyl (C=O) groups excluding carboxylic acids is 1. The molecule has 22 heavy (non-hydrogen) atoms. The van der Waals surface area contributed by atoms with Crippen molar-refractivity contribution in [1.29, 1.82) is 0 Å². The third kappa shape index (κ3) is 3.79. The van der Waals surface area contributed by atoms with Crippen LogP contribution >= 0.6 is 0 Å². The number of nitrogens with one attached hydrogen (secondary N) is 1. The number of pyridine rings is 2. The first kappa shape index (κ1) is 14.5. The van der Waals surface area contributed by atoms with Crippen molar-refractivity contribution in [2.45, 2.75) is 19.1 Å². The SMILES string of the molecule is O=C(NCc1ccccn1)c1ccnc(OC2CCOC2)c1. The van der Waals surface area contributed by atoms with Gasteiger partial charge in [-0.25, -0.2) is 4.98 Å². The normalized spacial score (nSPS) is 17.2. The summed E-state index contributed by atoms with van der Waals surface area (Å²) in [4.78, 5) is 20.5. The topological polar surface area (TPSA) is 73.3 Å². The van der Waals surface area contributed by atoms with Gasteiger partial charge < -0.3 is 14.8 Å². The van der Waals surface area contributed by atoms with Gasteiger partial charge in [-0.3, -0.25) is 9.78 Å². The van der Waals surface area contributed by atoms with E-state index in [-0.39, 0.29) is 12.0 Å². The third-order valence-corrected chi connectivity index (χ3v) is 3.33. The lowest BCUT2D eigenvalue weighted by Crippen LogP contribution is -2.23. The average molecular weight is 299 g/mol. The minimum Gasteiger partial charge on any atom is -0.472 e. The van der Waals surface area contributed by atoms with E-state index in [4.69, 9.17) is 9.47 Å². The van der Waals surface area contributed by atoms with Crippen LogP contribution in [0.5, 0.6) is 5.88 Å². The molecule has 0 aromatic carbocycles. The number of amides is 1. The Balaban J connectivity index is 1.59. The Labute approximate surface area is 128 Å². The zero-order valence-electron chi connectivity index (χ0n) is 12.1. The molecule has 6 nitrogen and oxygen atoms in total. The van der Waals surface area contributed by atoms with Crippen LogP contribution in [0.1, 0.15) is 22.5 Å². The van der Waals surface area contributed by atoms with Gasteiger partial charge in [0.25, 0.3) is 5.91 Å². The van der Waals surface area contributed by atoms with Gasteiger partial charge in [-0.1, -0.05) is 6.07 Å². The number of hydrogen-bond acceptors (Lipinski definition) is 5. The predicted molar refractivity (Wildman–Crippen MR) is 79.5 cm³/mol. The largest absolute Gasteiger partial charge is 0.472 e. The fourth-order valence-electron chi connectivity index (χ4n) is 2.17. The lowest BCUT2D eigenvalue weighted by atomic mass is 10.2. The van der Waals surface area contributed by atoms with Gasteiger partial charge in [0.05, 0.1) is 25.5 Å². The maximum Gasteiger partial charge on any atom is 0.251 e. The van der Waals surface area contributed by atoms with E-state index in [0.29, 0.717) is 31.2 Å². The van der Waals surface area contributed by atoms with Crippen LogP contribution in [0.2, 0.25) is 0 Å². The second-order valence-electron chi connectivity index (χ2n) is 4.99. The van der Waals surface area contributed by atoms with Crippen LogP contribution in [-0.4, -0.2) is 35.2 Å². The molecule has 3 rings (SSSR count). The van der Waals surface area contributed by atoms with E-state index in [1.54, 1.807) is 24.5 Å². The molecule has 2 aromatic rings. The maximum atomic E-state index is 12.2. The van der Waals surface area contributed by atoms with E-state index in [9.17, 15) is 4.79 Å². The molecule has 1 aliphatic rings. The predicted octanol–water partition coefficient (Wildman–Crippen LogP) is 1.57. The molecule has 1 fully saturated rings. The van der Waals surface area contributed by atoms with Crippen LogP contribution in [0.25, 0.3) is 0 Å². The zero-order chi connectivity index (χ0) is 15.2. The van der Waals surface area contributed by atoms with E-state index in [0.717, 1.165) is 12.1 Å². The smallest absolute Gasteiger partial charge is 0.251 e. The van der Waals surface area contributed by atoms with Gasteiger partial charge in [0.15, 0.2) is 0 Å². The first-order chi connectivity index (χ1) is 10.8. The highest BCUT2D eigenvalue weighted by molar-refractivity contribution is 5.94. The monoisotopic (exact) mass is 299 g/mol. The molecule has 1 atom stereocenters. The van der Waals surface area contributed by atoms with Crippen molar-refractivity contribution >= 4 is 5.91 Å². The molecule has 0 radical (unpaired) electrons. The molecule has 0 bridgehead atoms. The molecule has 1 amide bonds. The van der Waals surface area contributed by atoms with Crippen molar-refractivity contribution in [1.82, 2.24) is 15.3 Å². The molecular weight excluding hydrogens is 282 g/mol. The Hall–Kier alpha value is -2.47. The van der Waals surface area contributed by atoms with E-state index >= 15 is 0 Å². The van der Waals surface area contributed by atoms with E-state index in [1.165, 1.54) is 0 Å². The Kier molecular flexibility index (Phi) is 4.60. The lowest BCUT2D eigenvalue weighted by Gasteiger charge is -2.11. The molecule has 1 unspecified atom stereocenters. The van der Waals surface area contributed by atoms with Gasteiger partial charge in [-0.05, 0) is 18.2 Å². The molecule has 0 saturated carbocycles. The minimum absolute atomic E-state index is 0.0133. The number of nitrogens with zero attached hydrogens (tertiary/aromatic N) is 2. The fourth-order valence-corrected chi connectivity index (χ4v) is 2.17. The van der Waals surface area contributed by atoms with E-state index in [2.05, 4.69) is 15.3 Å². The number of rotatable bonds is 5.